The molecule has 10 heteroatoms. The van der Waals surface area contributed by atoms with Crippen molar-refractivity contribution >= 4 is 29.4 Å². The second kappa shape index (κ2) is 5.45. The van der Waals surface area contributed by atoms with E-state index in [1.165, 1.54) is 15.9 Å². The summed E-state index contributed by atoms with van der Waals surface area (Å²) >= 11 is 6.16. The van der Waals surface area contributed by atoms with Crippen molar-refractivity contribution in [3.8, 4) is 11.1 Å². The summed E-state index contributed by atoms with van der Waals surface area (Å²) in [5, 5.41) is 9.48. The molecule has 6 nitrogen and oxygen atoms in total. The van der Waals surface area contributed by atoms with Crippen LogP contribution in [0.4, 0.5) is 19.0 Å². The van der Waals surface area contributed by atoms with Crippen molar-refractivity contribution < 1.29 is 13.2 Å². The summed E-state index contributed by atoms with van der Waals surface area (Å²) in [4.78, 5) is 7.93. The minimum Gasteiger partial charge on any atom is -0.247 e. The molecule has 1 aromatic carbocycles. The molecular weight excluding hydrogens is 345 g/mol. The Labute approximate surface area is 138 Å². The maximum Gasteiger partial charge on any atom is 0.255 e. The number of fused-ring (bicyclic) bond motifs is 1. The first-order chi connectivity index (χ1) is 11.6. The third-order valence-corrected chi connectivity index (χ3v) is 3.82. The van der Waals surface area contributed by atoms with E-state index in [4.69, 9.17) is 11.6 Å². The van der Waals surface area contributed by atoms with Crippen molar-refractivity contribution in [3.05, 3.63) is 41.1 Å². The molecule has 1 aliphatic rings. The highest BCUT2D eigenvalue weighted by atomic mass is 35.5. The molecular formula is C14H8ClF3N6. The third-order valence-electron chi connectivity index (χ3n) is 3.55. The second-order valence-electron chi connectivity index (χ2n) is 5.03. The molecule has 4 rings (SSSR count). The summed E-state index contributed by atoms with van der Waals surface area (Å²) in [7, 11) is 0. The van der Waals surface area contributed by atoms with E-state index in [9.17, 15) is 13.2 Å². The number of anilines is 1. The lowest BCUT2D eigenvalue weighted by atomic mass is 10.1. The number of benzene rings is 1. The zero-order chi connectivity index (χ0) is 16.8. The minimum absolute atomic E-state index is 0.0660. The van der Waals surface area contributed by atoms with Gasteiger partial charge in [-0.25, -0.2) is 18.2 Å². The zero-order valence-electron chi connectivity index (χ0n) is 11.9. The highest BCUT2D eigenvalue weighted by Gasteiger charge is 2.27. The summed E-state index contributed by atoms with van der Waals surface area (Å²) in [6.45, 7) is 0.465. The lowest BCUT2D eigenvalue weighted by Crippen LogP contribution is -2.19. The smallest absolute Gasteiger partial charge is 0.247 e. The zero-order valence-corrected chi connectivity index (χ0v) is 12.7. The topological polar surface area (TPSA) is 58.7 Å². The average Bonchev–Trinajstić information content (AvgIpc) is 3.17. The number of rotatable bonds is 2. The van der Waals surface area contributed by atoms with E-state index < -0.39 is 23.0 Å². The fourth-order valence-corrected chi connectivity index (χ4v) is 2.85. The van der Waals surface area contributed by atoms with E-state index in [0.29, 0.717) is 25.1 Å². The van der Waals surface area contributed by atoms with Crippen molar-refractivity contribution in [3.63, 3.8) is 0 Å². The summed E-state index contributed by atoms with van der Waals surface area (Å²) in [6.07, 6.45) is 3.53. The Kier molecular flexibility index (Phi) is 3.38. The molecule has 0 fully saturated rings. The van der Waals surface area contributed by atoms with Crippen LogP contribution in [0.1, 0.15) is 6.42 Å². The van der Waals surface area contributed by atoms with Gasteiger partial charge in [0.1, 0.15) is 28.9 Å². The van der Waals surface area contributed by atoms with Gasteiger partial charge >= 0.3 is 0 Å². The third kappa shape index (κ3) is 2.20. The Hall–Kier alpha value is -2.68. The number of hydrazone groups is 1. The maximum absolute atomic E-state index is 14.3. The Morgan fingerprint density at radius 2 is 1.83 bits per heavy atom. The van der Waals surface area contributed by atoms with Crippen LogP contribution in [-0.4, -0.2) is 32.3 Å². The van der Waals surface area contributed by atoms with Crippen LogP contribution in [0.2, 0.25) is 5.15 Å². The van der Waals surface area contributed by atoms with E-state index in [0.717, 1.165) is 0 Å². The molecule has 2 aromatic heterocycles. The molecule has 3 heterocycles. The van der Waals surface area contributed by atoms with Crippen LogP contribution < -0.4 is 5.01 Å². The van der Waals surface area contributed by atoms with Gasteiger partial charge in [0.15, 0.2) is 5.82 Å². The van der Waals surface area contributed by atoms with Crippen molar-refractivity contribution in [2.75, 3.05) is 11.6 Å². The van der Waals surface area contributed by atoms with Crippen LogP contribution in [0.25, 0.3) is 16.9 Å². The SMILES string of the molecule is Fc1cc(F)c(-c2c(Cl)nc3ncnn3c2N2CCC=N2)c(F)c1. The standard InChI is InChI=1S/C14H8ClF3N6/c15-12-11(10-8(17)4-7(16)5-9(10)18)13(23-3-1-2-20-23)24-14(22-12)19-6-21-24/h2,4-6H,1,3H2. The van der Waals surface area contributed by atoms with Crippen LogP contribution in [0.5, 0.6) is 0 Å². The predicted molar refractivity (Wildman–Crippen MR) is 81.6 cm³/mol. The molecule has 3 aromatic rings. The van der Waals surface area contributed by atoms with Gasteiger partial charge in [0.2, 0.25) is 0 Å². The molecule has 0 spiro atoms. The van der Waals surface area contributed by atoms with Gasteiger partial charge in [0.25, 0.3) is 5.78 Å². The van der Waals surface area contributed by atoms with Crippen molar-refractivity contribution in [1.82, 2.24) is 19.6 Å². The van der Waals surface area contributed by atoms with Gasteiger partial charge in [0, 0.05) is 31.3 Å². The summed E-state index contributed by atoms with van der Waals surface area (Å²) in [5.74, 6) is -2.86. The summed E-state index contributed by atoms with van der Waals surface area (Å²) in [6, 6.07) is 1.16. The molecule has 1 aliphatic heterocycles. The Bertz CT molecular complexity index is 963. The summed E-state index contributed by atoms with van der Waals surface area (Å²) in [5.41, 5.74) is -0.563. The number of hydrogen-bond donors (Lipinski definition) is 0. The molecule has 0 bridgehead atoms. The molecule has 0 N–H and O–H groups in total. The Balaban J connectivity index is 2.10. The van der Waals surface area contributed by atoms with Crippen LogP contribution in [-0.2, 0) is 0 Å². The monoisotopic (exact) mass is 352 g/mol. The quantitative estimate of drug-likeness (QED) is 0.665. The maximum atomic E-state index is 14.3. The van der Waals surface area contributed by atoms with E-state index in [-0.39, 0.29) is 22.3 Å². The first-order valence-corrected chi connectivity index (χ1v) is 7.28. The van der Waals surface area contributed by atoms with Gasteiger partial charge in [-0.3, -0.25) is 0 Å². The van der Waals surface area contributed by atoms with Crippen molar-refractivity contribution in [2.45, 2.75) is 6.42 Å². The highest BCUT2D eigenvalue weighted by molar-refractivity contribution is 6.33. The fourth-order valence-electron chi connectivity index (χ4n) is 2.59. The van der Waals surface area contributed by atoms with Gasteiger partial charge in [-0.15, -0.1) is 0 Å². The van der Waals surface area contributed by atoms with E-state index in [1.807, 2.05) is 0 Å². The van der Waals surface area contributed by atoms with Gasteiger partial charge in [0.05, 0.1) is 11.1 Å². The molecule has 0 saturated heterocycles. The average molecular weight is 353 g/mol. The molecule has 0 aliphatic carbocycles. The molecule has 0 unspecified atom stereocenters. The van der Waals surface area contributed by atoms with Gasteiger partial charge in [-0.1, -0.05) is 11.6 Å². The Morgan fingerprint density at radius 1 is 1.08 bits per heavy atom. The van der Waals surface area contributed by atoms with Crippen LogP contribution in [0.3, 0.4) is 0 Å². The number of halogens is 4. The largest absolute Gasteiger partial charge is 0.255 e. The fraction of sp³-hybridized carbons (Fsp3) is 0.143. The summed E-state index contributed by atoms with van der Waals surface area (Å²) < 4.78 is 43.1. The number of aromatic nitrogens is 4. The molecule has 122 valence electrons. The highest BCUT2D eigenvalue weighted by Crippen LogP contribution is 2.39. The minimum atomic E-state index is -1.10. The molecule has 24 heavy (non-hydrogen) atoms. The van der Waals surface area contributed by atoms with Crippen molar-refractivity contribution in [2.24, 2.45) is 5.10 Å². The molecule has 0 atom stereocenters. The second-order valence-corrected chi connectivity index (χ2v) is 5.39. The number of nitrogens with zero attached hydrogens (tertiary/aromatic N) is 6. The lowest BCUT2D eigenvalue weighted by Gasteiger charge is -2.20. The molecule has 0 radical (unpaired) electrons. The van der Waals surface area contributed by atoms with E-state index in [1.54, 1.807) is 6.21 Å². The van der Waals surface area contributed by atoms with Gasteiger partial charge < -0.3 is 0 Å². The van der Waals surface area contributed by atoms with Gasteiger partial charge in [-0.2, -0.15) is 24.7 Å². The lowest BCUT2D eigenvalue weighted by molar-refractivity contribution is 0.547. The Morgan fingerprint density at radius 3 is 2.50 bits per heavy atom. The van der Waals surface area contributed by atoms with Crippen LogP contribution >= 0.6 is 11.6 Å². The van der Waals surface area contributed by atoms with E-state index >= 15 is 0 Å². The molecule has 0 saturated carbocycles. The predicted octanol–water partition coefficient (Wildman–Crippen LogP) is 3.06. The molecule has 0 amide bonds. The van der Waals surface area contributed by atoms with Gasteiger partial charge in [-0.05, 0) is 0 Å². The first kappa shape index (κ1) is 14.9. The first-order valence-electron chi connectivity index (χ1n) is 6.90. The number of hydrogen-bond acceptors (Lipinski definition) is 5. The van der Waals surface area contributed by atoms with Crippen LogP contribution in [0, 0.1) is 17.5 Å². The van der Waals surface area contributed by atoms with Crippen molar-refractivity contribution in [1.29, 1.82) is 0 Å². The normalized spacial score (nSPS) is 14.1. The van der Waals surface area contributed by atoms with E-state index in [2.05, 4.69) is 20.2 Å². The van der Waals surface area contributed by atoms with Crippen LogP contribution in [0.15, 0.2) is 23.6 Å².